The van der Waals surface area contributed by atoms with Gasteiger partial charge in [-0.3, -0.25) is 0 Å². The van der Waals surface area contributed by atoms with E-state index in [1.807, 2.05) is 0 Å². The first-order valence-electron chi connectivity index (χ1n) is 4.84. The lowest BCUT2D eigenvalue weighted by Gasteiger charge is -2.30. The summed E-state index contributed by atoms with van der Waals surface area (Å²) in [5, 5.41) is 0. The molecule has 1 fully saturated rings. The Labute approximate surface area is 74.3 Å². The summed E-state index contributed by atoms with van der Waals surface area (Å²) < 4.78 is 5.60. The Bertz CT molecular complexity index is 145. The molecule has 0 saturated carbocycles. The predicted octanol–water partition coefficient (Wildman–Crippen LogP) is 2.03. The van der Waals surface area contributed by atoms with Crippen LogP contribution in [0.1, 0.15) is 33.1 Å². The van der Waals surface area contributed by atoms with Crippen molar-refractivity contribution < 1.29 is 9.53 Å². The van der Waals surface area contributed by atoms with E-state index in [-0.39, 0.29) is 5.92 Å². The molecule has 0 aromatic carbocycles. The second-order valence-electron chi connectivity index (χ2n) is 3.72. The summed E-state index contributed by atoms with van der Waals surface area (Å²) in [4.78, 5) is 10.6. The zero-order valence-electron chi connectivity index (χ0n) is 7.95. The third-order valence-corrected chi connectivity index (χ3v) is 2.83. The first-order valence-corrected chi connectivity index (χ1v) is 4.84. The van der Waals surface area contributed by atoms with Crippen molar-refractivity contribution >= 4 is 6.29 Å². The molecule has 0 bridgehead atoms. The molecule has 0 aromatic heterocycles. The standard InChI is InChI=1S/C10H18O2/c1-3-8(2)10-6-9(7-11)4-5-12-10/h7-10H,3-6H2,1-2H3. The number of carbonyl (C=O) groups excluding carboxylic acids is 1. The van der Waals surface area contributed by atoms with E-state index in [9.17, 15) is 4.79 Å². The number of hydrogen-bond donors (Lipinski definition) is 0. The zero-order chi connectivity index (χ0) is 8.97. The maximum absolute atomic E-state index is 10.6. The maximum atomic E-state index is 10.6. The third-order valence-electron chi connectivity index (χ3n) is 2.83. The summed E-state index contributed by atoms with van der Waals surface area (Å²) in [5.74, 6) is 0.838. The molecule has 1 rings (SSSR count). The molecular formula is C10H18O2. The second kappa shape index (κ2) is 4.61. The molecule has 2 heteroatoms. The van der Waals surface area contributed by atoms with E-state index in [1.54, 1.807) is 0 Å². The minimum Gasteiger partial charge on any atom is -0.378 e. The molecule has 0 radical (unpaired) electrons. The zero-order valence-corrected chi connectivity index (χ0v) is 7.95. The molecular weight excluding hydrogens is 152 g/mol. The van der Waals surface area contributed by atoms with Crippen LogP contribution in [0.25, 0.3) is 0 Å². The highest BCUT2D eigenvalue weighted by Gasteiger charge is 2.25. The first-order chi connectivity index (χ1) is 5.77. The predicted molar refractivity (Wildman–Crippen MR) is 48.0 cm³/mol. The van der Waals surface area contributed by atoms with E-state index >= 15 is 0 Å². The largest absolute Gasteiger partial charge is 0.378 e. The molecule has 70 valence electrons. The average molecular weight is 170 g/mol. The highest BCUT2D eigenvalue weighted by atomic mass is 16.5. The van der Waals surface area contributed by atoms with Crippen LogP contribution in [0.2, 0.25) is 0 Å². The van der Waals surface area contributed by atoms with Gasteiger partial charge in [0.15, 0.2) is 0 Å². The van der Waals surface area contributed by atoms with Gasteiger partial charge in [-0.1, -0.05) is 20.3 Å². The summed E-state index contributed by atoms with van der Waals surface area (Å²) in [6, 6.07) is 0. The van der Waals surface area contributed by atoms with Gasteiger partial charge in [-0.25, -0.2) is 0 Å². The van der Waals surface area contributed by atoms with Gasteiger partial charge >= 0.3 is 0 Å². The number of carbonyl (C=O) groups is 1. The molecule has 1 aliphatic rings. The molecule has 1 aliphatic heterocycles. The topological polar surface area (TPSA) is 26.3 Å². The van der Waals surface area contributed by atoms with Crippen LogP contribution in [-0.2, 0) is 9.53 Å². The van der Waals surface area contributed by atoms with Crippen LogP contribution in [0.15, 0.2) is 0 Å². The molecule has 12 heavy (non-hydrogen) atoms. The SMILES string of the molecule is CCC(C)C1CC(C=O)CCO1. The lowest BCUT2D eigenvalue weighted by Crippen LogP contribution is -2.31. The fourth-order valence-electron chi connectivity index (χ4n) is 1.64. The Morgan fingerprint density at radius 1 is 1.67 bits per heavy atom. The van der Waals surface area contributed by atoms with Gasteiger partial charge < -0.3 is 9.53 Å². The molecule has 3 unspecified atom stereocenters. The van der Waals surface area contributed by atoms with Gasteiger partial charge in [0.2, 0.25) is 0 Å². The molecule has 3 atom stereocenters. The van der Waals surface area contributed by atoms with Gasteiger partial charge in [0.1, 0.15) is 6.29 Å². The highest BCUT2D eigenvalue weighted by molar-refractivity contribution is 5.53. The summed E-state index contributed by atoms with van der Waals surface area (Å²) >= 11 is 0. The maximum Gasteiger partial charge on any atom is 0.123 e. The van der Waals surface area contributed by atoms with E-state index in [4.69, 9.17) is 4.74 Å². The van der Waals surface area contributed by atoms with Crippen molar-refractivity contribution in [3.05, 3.63) is 0 Å². The first kappa shape index (κ1) is 9.72. The van der Waals surface area contributed by atoms with Crippen molar-refractivity contribution in [2.24, 2.45) is 11.8 Å². The van der Waals surface area contributed by atoms with Crippen LogP contribution in [-0.4, -0.2) is 19.0 Å². The van der Waals surface area contributed by atoms with E-state index in [0.717, 1.165) is 32.2 Å². The molecule has 0 N–H and O–H groups in total. The van der Waals surface area contributed by atoms with Crippen molar-refractivity contribution in [1.82, 2.24) is 0 Å². The second-order valence-corrected chi connectivity index (χ2v) is 3.72. The molecule has 0 aromatic rings. The van der Waals surface area contributed by atoms with Gasteiger partial charge in [-0.05, 0) is 18.8 Å². The Hall–Kier alpha value is -0.370. The Morgan fingerprint density at radius 3 is 3.00 bits per heavy atom. The van der Waals surface area contributed by atoms with Gasteiger partial charge in [0, 0.05) is 12.5 Å². The summed E-state index contributed by atoms with van der Waals surface area (Å²) in [5.41, 5.74) is 0. The van der Waals surface area contributed by atoms with E-state index in [2.05, 4.69) is 13.8 Å². The average Bonchev–Trinajstić information content (AvgIpc) is 2.17. The number of rotatable bonds is 3. The van der Waals surface area contributed by atoms with Crippen molar-refractivity contribution in [1.29, 1.82) is 0 Å². The van der Waals surface area contributed by atoms with Crippen molar-refractivity contribution in [3.8, 4) is 0 Å². The quantitative estimate of drug-likeness (QED) is 0.606. The van der Waals surface area contributed by atoms with E-state index in [0.29, 0.717) is 12.0 Å². The van der Waals surface area contributed by atoms with Crippen LogP contribution < -0.4 is 0 Å². The third kappa shape index (κ3) is 2.31. The molecule has 2 nitrogen and oxygen atoms in total. The van der Waals surface area contributed by atoms with Crippen LogP contribution in [0.4, 0.5) is 0 Å². The summed E-state index contributed by atoms with van der Waals surface area (Å²) in [6.45, 7) is 5.12. The monoisotopic (exact) mass is 170 g/mol. The highest BCUT2D eigenvalue weighted by Crippen LogP contribution is 2.25. The van der Waals surface area contributed by atoms with Crippen molar-refractivity contribution in [2.45, 2.75) is 39.2 Å². The minimum absolute atomic E-state index is 0.248. The van der Waals surface area contributed by atoms with Gasteiger partial charge in [0.25, 0.3) is 0 Å². The normalized spacial score (nSPS) is 32.8. The fourth-order valence-corrected chi connectivity index (χ4v) is 1.64. The number of hydrogen-bond acceptors (Lipinski definition) is 2. The van der Waals surface area contributed by atoms with E-state index in [1.165, 1.54) is 0 Å². The molecule has 0 amide bonds. The lowest BCUT2D eigenvalue weighted by molar-refractivity contribution is -0.117. The van der Waals surface area contributed by atoms with Crippen LogP contribution >= 0.6 is 0 Å². The van der Waals surface area contributed by atoms with Crippen molar-refractivity contribution in [2.75, 3.05) is 6.61 Å². The Morgan fingerprint density at radius 2 is 2.42 bits per heavy atom. The van der Waals surface area contributed by atoms with Crippen LogP contribution in [0, 0.1) is 11.8 Å². The Kier molecular flexibility index (Phi) is 3.73. The molecule has 1 saturated heterocycles. The Balaban J connectivity index is 2.39. The molecule has 0 aliphatic carbocycles. The van der Waals surface area contributed by atoms with Crippen LogP contribution in [0.5, 0.6) is 0 Å². The molecule has 0 spiro atoms. The number of ether oxygens (including phenoxy) is 1. The van der Waals surface area contributed by atoms with Gasteiger partial charge in [0.05, 0.1) is 6.10 Å². The van der Waals surface area contributed by atoms with Crippen LogP contribution in [0.3, 0.4) is 0 Å². The lowest BCUT2D eigenvalue weighted by atomic mass is 9.89. The van der Waals surface area contributed by atoms with Gasteiger partial charge in [-0.15, -0.1) is 0 Å². The summed E-state index contributed by atoms with van der Waals surface area (Å²) in [7, 11) is 0. The van der Waals surface area contributed by atoms with Gasteiger partial charge in [-0.2, -0.15) is 0 Å². The van der Waals surface area contributed by atoms with E-state index < -0.39 is 0 Å². The smallest absolute Gasteiger partial charge is 0.123 e. The minimum atomic E-state index is 0.248. The van der Waals surface area contributed by atoms with Crippen molar-refractivity contribution in [3.63, 3.8) is 0 Å². The number of aldehydes is 1. The molecule has 1 heterocycles. The summed E-state index contributed by atoms with van der Waals surface area (Å²) in [6.07, 6.45) is 4.38. The fraction of sp³-hybridized carbons (Fsp3) is 0.900.